The second-order valence-corrected chi connectivity index (χ2v) is 7.82. The first kappa shape index (κ1) is 17.8. The smallest absolute Gasteiger partial charge is 0.242 e. The Bertz CT molecular complexity index is 937. The lowest BCUT2D eigenvalue weighted by molar-refractivity contribution is -0.122. The minimum absolute atomic E-state index is 0.0121. The van der Waals surface area contributed by atoms with E-state index in [4.69, 9.17) is 4.52 Å². The van der Waals surface area contributed by atoms with Crippen molar-refractivity contribution in [3.8, 4) is 0 Å². The van der Waals surface area contributed by atoms with Crippen LogP contribution in [0, 0.1) is 0 Å². The van der Waals surface area contributed by atoms with Crippen LogP contribution in [0.25, 0.3) is 10.2 Å². The van der Waals surface area contributed by atoms with Gasteiger partial charge in [-0.05, 0) is 24.3 Å². The Morgan fingerprint density at radius 2 is 2.33 bits per heavy atom. The Kier molecular flexibility index (Phi) is 5.02. The molecule has 1 unspecified atom stereocenters. The highest BCUT2D eigenvalue weighted by Crippen LogP contribution is 2.31. The predicted molar refractivity (Wildman–Crippen MR) is 103 cm³/mol. The van der Waals surface area contributed by atoms with Gasteiger partial charge in [-0.1, -0.05) is 19.0 Å². The van der Waals surface area contributed by atoms with Crippen molar-refractivity contribution in [1.82, 2.24) is 25.4 Å². The molecule has 8 nitrogen and oxygen atoms in total. The van der Waals surface area contributed by atoms with Crippen LogP contribution in [0.5, 0.6) is 0 Å². The lowest BCUT2D eigenvalue weighted by Crippen LogP contribution is -2.44. The van der Waals surface area contributed by atoms with Crippen molar-refractivity contribution >= 4 is 33.3 Å². The fourth-order valence-corrected chi connectivity index (χ4v) is 4.04. The maximum Gasteiger partial charge on any atom is 0.242 e. The Hall–Kier alpha value is -2.55. The maximum absolute atomic E-state index is 12.7. The molecule has 1 aliphatic rings. The van der Waals surface area contributed by atoms with E-state index in [2.05, 4.69) is 30.3 Å². The van der Waals surface area contributed by atoms with Gasteiger partial charge in [0.2, 0.25) is 11.8 Å². The molecule has 4 heterocycles. The van der Waals surface area contributed by atoms with Crippen molar-refractivity contribution in [3.05, 3.63) is 29.5 Å². The van der Waals surface area contributed by atoms with Gasteiger partial charge >= 0.3 is 0 Å². The number of thiophene rings is 1. The fraction of sp³-hybridized carbons (Fsp3) is 0.500. The summed E-state index contributed by atoms with van der Waals surface area (Å²) in [5, 5.41) is 9.96. The Morgan fingerprint density at radius 3 is 3.15 bits per heavy atom. The van der Waals surface area contributed by atoms with Crippen LogP contribution in [0.1, 0.15) is 44.3 Å². The van der Waals surface area contributed by atoms with Crippen LogP contribution in [0.15, 0.2) is 22.3 Å². The Morgan fingerprint density at radius 1 is 1.44 bits per heavy atom. The van der Waals surface area contributed by atoms with Crippen molar-refractivity contribution in [2.24, 2.45) is 0 Å². The molecule has 1 atom stereocenters. The van der Waals surface area contributed by atoms with E-state index in [0.29, 0.717) is 24.7 Å². The zero-order valence-electron chi connectivity index (χ0n) is 15.4. The van der Waals surface area contributed by atoms with Gasteiger partial charge in [-0.3, -0.25) is 4.79 Å². The molecular formula is C18H22N6O2S. The maximum atomic E-state index is 12.7. The predicted octanol–water partition coefficient (Wildman–Crippen LogP) is 2.53. The molecule has 0 saturated carbocycles. The van der Waals surface area contributed by atoms with E-state index in [0.717, 1.165) is 35.4 Å². The summed E-state index contributed by atoms with van der Waals surface area (Å²) < 4.78 is 5.22. The lowest BCUT2D eigenvalue weighted by Gasteiger charge is -2.25. The molecule has 4 rings (SSSR count). The number of nitrogens with one attached hydrogen (secondary N) is 1. The lowest BCUT2D eigenvalue weighted by atomic mass is 10.2. The normalized spacial score (nSPS) is 17.1. The van der Waals surface area contributed by atoms with Gasteiger partial charge in [0.05, 0.1) is 5.39 Å². The molecule has 0 aliphatic carbocycles. The molecule has 1 N–H and O–H groups in total. The molecule has 27 heavy (non-hydrogen) atoms. The van der Waals surface area contributed by atoms with Crippen LogP contribution in [0.4, 0.5) is 5.82 Å². The summed E-state index contributed by atoms with van der Waals surface area (Å²) >= 11 is 1.58. The summed E-state index contributed by atoms with van der Waals surface area (Å²) in [7, 11) is 0. The molecule has 0 radical (unpaired) electrons. The highest BCUT2D eigenvalue weighted by Gasteiger charge is 2.32. The average Bonchev–Trinajstić information content (AvgIpc) is 3.40. The number of fused-ring (bicyclic) bond motifs is 1. The van der Waals surface area contributed by atoms with E-state index in [1.54, 1.807) is 17.7 Å². The van der Waals surface area contributed by atoms with E-state index < -0.39 is 0 Å². The van der Waals surface area contributed by atoms with Gasteiger partial charge in [0.1, 0.15) is 23.0 Å². The first-order valence-corrected chi connectivity index (χ1v) is 10.1. The van der Waals surface area contributed by atoms with Crippen LogP contribution in [0.2, 0.25) is 0 Å². The SMILES string of the molecule is CC(C)c1noc(CCNC(=O)C2CCCN2c2ncnc3sccc23)n1. The van der Waals surface area contributed by atoms with E-state index in [-0.39, 0.29) is 17.9 Å². The number of nitrogens with zero attached hydrogens (tertiary/aromatic N) is 5. The van der Waals surface area contributed by atoms with Crippen LogP contribution in [-0.2, 0) is 11.2 Å². The number of aromatic nitrogens is 4. The minimum Gasteiger partial charge on any atom is -0.354 e. The van der Waals surface area contributed by atoms with E-state index in [9.17, 15) is 4.79 Å². The summed E-state index contributed by atoms with van der Waals surface area (Å²) in [6, 6.07) is 1.81. The van der Waals surface area contributed by atoms with Crippen molar-refractivity contribution in [3.63, 3.8) is 0 Å². The molecule has 1 fully saturated rings. The molecule has 3 aromatic heterocycles. The zero-order valence-corrected chi connectivity index (χ0v) is 16.2. The van der Waals surface area contributed by atoms with Crippen LogP contribution in [0.3, 0.4) is 0 Å². The molecule has 0 bridgehead atoms. The Balaban J connectivity index is 1.39. The third-order valence-electron chi connectivity index (χ3n) is 4.71. The average molecular weight is 386 g/mol. The molecule has 1 aliphatic heterocycles. The van der Waals surface area contributed by atoms with Crippen molar-refractivity contribution in [2.75, 3.05) is 18.0 Å². The molecule has 0 spiro atoms. The summed E-state index contributed by atoms with van der Waals surface area (Å²) in [5.74, 6) is 2.33. The van der Waals surface area contributed by atoms with Crippen molar-refractivity contribution < 1.29 is 9.32 Å². The quantitative estimate of drug-likeness (QED) is 0.695. The molecule has 1 saturated heterocycles. The van der Waals surface area contributed by atoms with Crippen molar-refractivity contribution in [2.45, 2.75) is 45.1 Å². The van der Waals surface area contributed by atoms with Gasteiger partial charge in [0.25, 0.3) is 0 Å². The van der Waals surface area contributed by atoms with Crippen LogP contribution in [-0.4, -0.2) is 45.1 Å². The van der Waals surface area contributed by atoms with Gasteiger partial charge in [-0.2, -0.15) is 4.98 Å². The van der Waals surface area contributed by atoms with Gasteiger partial charge in [0, 0.05) is 25.4 Å². The molecule has 9 heteroatoms. The number of hydrogen-bond acceptors (Lipinski definition) is 8. The second-order valence-electron chi connectivity index (χ2n) is 6.93. The zero-order chi connectivity index (χ0) is 18.8. The monoisotopic (exact) mass is 386 g/mol. The van der Waals surface area contributed by atoms with Crippen molar-refractivity contribution in [1.29, 1.82) is 0 Å². The molecule has 142 valence electrons. The van der Waals surface area contributed by atoms with Crippen LogP contribution < -0.4 is 10.2 Å². The largest absolute Gasteiger partial charge is 0.354 e. The molecule has 0 aromatic carbocycles. The third kappa shape index (κ3) is 3.64. The number of carbonyl (C=O) groups is 1. The number of carbonyl (C=O) groups excluding carboxylic acids is 1. The number of amides is 1. The fourth-order valence-electron chi connectivity index (χ4n) is 3.31. The van der Waals surface area contributed by atoms with Gasteiger partial charge < -0.3 is 14.7 Å². The Labute approximate surface area is 161 Å². The molecule has 1 amide bonds. The number of rotatable bonds is 6. The summed E-state index contributed by atoms with van der Waals surface area (Å²) in [4.78, 5) is 28.9. The third-order valence-corrected chi connectivity index (χ3v) is 5.53. The van der Waals surface area contributed by atoms with E-state index in [1.807, 2.05) is 25.3 Å². The molecular weight excluding hydrogens is 364 g/mol. The van der Waals surface area contributed by atoms with E-state index in [1.165, 1.54) is 0 Å². The second kappa shape index (κ2) is 7.59. The standard InChI is InChI=1S/C18H22N6O2S/c1-11(2)15-22-14(26-23-15)5-7-19-17(25)13-4-3-8-24(13)16-12-6-9-27-18(12)21-10-20-16/h6,9-11,13H,3-5,7-8H2,1-2H3,(H,19,25). The van der Waals surface area contributed by atoms with Gasteiger partial charge in [-0.15, -0.1) is 11.3 Å². The minimum atomic E-state index is -0.211. The van der Waals surface area contributed by atoms with E-state index >= 15 is 0 Å². The highest BCUT2D eigenvalue weighted by molar-refractivity contribution is 7.16. The highest BCUT2D eigenvalue weighted by atomic mass is 32.1. The topological polar surface area (TPSA) is 97.0 Å². The summed E-state index contributed by atoms with van der Waals surface area (Å²) in [6.07, 6.45) is 3.89. The summed E-state index contributed by atoms with van der Waals surface area (Å²) in [6.45, 7) is 5.33. The first-order chi connectivity index (χ1) is 13.1. The number of hydrogen-bond donors (Lipinski definition) is 1. The molecule has 3 aromatic rings. The summed E-state index contributed by atoms with van der Waals surface area (Å²) in [5.41, 5.74) is 0. The van der Waals surface area contributed by atoms with Crippen LogP contribution >= 0.6 is 11.3 Å². The van der Waals surface area contributed by atoms with Gasteiger partial charge in [0.15, 0.2) is 5.82 Å². The van der Waals surface area contributed by atoms with Gasteiger partial charge in [-0.25, -0.2) is 9.97 Å². The number of anilines is 1. The first-order valence-electron chi connectivity index (χ1n) is 9.18.